The van der Waals surface area contributed by atoms with Gasteiger partial charge in [-0.1, -0.05) is 43.2 Å². The summed E-state index contributed by atoms with van der Waals surface area (Å²) in [5.41, 5.74) is 0.477. The van der Waals surface area contributed by atoms with Crippen molar-refractivity contribution in [2.75, 3.05) is 13.6 Å². The number of carbonyl (C=O) groups excluding carboxylic acids is 1. The molecule has 118 valence electrons. The van der Waals surface area contributed by atoms with Gasteiger partial charge in [0.1, 0.15) is 5.41 Å². The van der Waals surface area contributed by atoms with Crippen molar-refractivity contribution in [1.29, 1.82) is 5.26 Å². The minimum Gasteiger partial charge on any atom is -0.353 e. The summed E-state index contributed by atoms with van der Waals surface area (Å²) in [5.74, 6) is -0.0903. The molecule has 0 saturated heterocycles. The fraction of sp³-hybridized carbons (Fsp3) is 0.556. The van der Waals surface area contributed by atoms with E-state index in [-0.39, 0.29) is 11.9 Å². The van der Waals surface area contributed by atoms with Crippen molar-refractivity contribution in [2.45, 2.75) is 45.2 Å². The number of benzene rings is 1. The first-order chi connectivity index (χ1) is 10.6. The molecule has 0 heterocycles. The van der Waals surface area contributed by atoms with E-state index in [2.05, 4.69) is 42.4 Å². The van der Waals surface area contributed by atoms with Gasteiger partial charge in [0, 0.05) is 19.1 Å². The standard InChI is InChI=1S/C18H25N3O/c1-15(21(2)13-16-8-4-3-5-9-16)12-20-17(22)18(14-19)10-6-7-11-18/h3-5,8-9,15H,6-7,10-13H2,1-2H3,(H,20,22). The first-order valence-electron chi connectivity index (χ1n) is 8.01. The summed E-state index contributed by atoms with van der Waals surface area (Å²) < 4.78 is 0. The quantitative estimate of drug-likeness (QED) is 0.878. The Morgan fingerprint density at radius 2 is 2.00 bits per heavy atom. The van der Waals surface area contributed by atoms with Gasteiger partial charge in [0.05, 0.1) is 6.07 Å². The van der Waals surface area contributed by atoms with Crippen molar-refractivity contribution in [1.82, 2.24) is 10.2 Å². The highest BCUT2D eigenvalue weighted by atomic mass is 16.2. The number of likely N-dealkylation sites (N-methyl/N-ethyl adjacent to an activating group) is 1. The van der Waals surface area contributed by atoms with Crippen LogP contribution < -0.4 is 5.32 Å². The Labute approximate surface area is 133 Å². The molecule has 0 bridgehead atoms. The second-order valence-corrected chi connectivity index (χ2v) is 6.36. The number of rotatable bonds is 6. The predicted molar refractivity (Wildman–Crippen MR) is 86.9 cm³/mol. The van der Waals surface area contributed by atoms with Crippen LogP contribution in [0.2, 0.25) is 0 Å². The minimum absolute atomic E-state index is 0.0903. The first kappa shape index (κ1) is 16.5. The van der Waals surface area contributed by atoms with Crippen LogP contribution in [0.1, 0.15) is 38.2 Å². The van der Waals surface area contributed by atoms with Gasteiger partial charge in [0.15, 0.2) is 0 Å². The number of amides is 1. The van der Waals surface area contributed by atoms with Crippen molar-refractivity contribution in [3.63, 3.8) is 0 Å². The Morgan fingerprint density at radius 1 is 1.36 bits per heavy atom. The molecule has 1 amide bonds. The average molecular weight is 299 g/mol. The SMILES string of the molecule is CC(CNC(=O)C1(C#N)CCCC1)N(C)Cc1ccccc1. The average Bonchev–Trinajstić information content (AvgIpc) is 3.03. The van der Waals surface area contributed by atoms with E-state index in [1.54, 1.807) is 0 Å². The lowest BCUT2D eigenvalue weighted by Gasteiger charge is -2.27. The van der Waals surface area contributed by atoms with Crippen molar-refractivity contribution < 1.29 is 4.79 Å². The molecule has 0 radical (unpaired) electrons. The monoisotopic (exact) mass is 299 g/mol. The van der Waals surface area contributed by atoms with Gasteiger partial charge in [-0.15, -0.1) is 0 Å². The third kappa shape index (κ3) is 3.86. The molecule has 1 fully saturated rings. The Kier molecular flexibility index (Phi) is 5.57. The summed E-state index contributed by atoms with van der Waals surface area (Å²) in [4.78, 5) is 14.5. The number of nitrogens with one attached hydrogen (secondary N) is 1. The number of nitrogens with zero attached hydrogens (tertiary/aromatic N) is 2. The predicted octanol–water partition coefficient (Wildman–Crippen LogP) is 2.71. The van der Waals surface area contributed by atoms with Crippen LogP contribution in [0.15, 0.2) is 30.3 Å². The molecule has 1 atom stereocenters. The van der Waals surface area contributed by atoms with E-state index >= 15 is 0 Å². The highest BCUT2D eigenvalue weighted by Gasteiger charge is 2.41. The molecule has 2 rings (SSSR count). The first-order valence-corrected chi connectivity index (χ1v) is 8.01. The van der Waals surface area contributed by atoms with Gasteiger partial charge >= 0.3 is 0 Å². The van der Waals surface area contributed by atoms with Crippen molar-refractivity contribution in [3.05, 3.63) is 35.9 Å². The zero-order valence-corrected chi connectivity index (χ0v) is 13.5. The van der Waals surface area contributed by atoms with Crippen LogP contribution in [0.3, 0.4) is 0 Å². The lowest BCUT2D eigenvalue weighted by Crippen LogP contribution is -2.45. The number of carbonyl (C=O) groups is 1. The van der Waals surface area contributed by atoms with Crippen LogP contribution in [0.4, 0.5) is 0 Å². The van der Waals surface area contributed by atoms with Gasteiger partial charge < -0.3 is 5.32 Å². The summed E-state index contributed by atoms with van der Waals surface area (Å²) in [7, 11) is 2.06. The fourth-order valence-electron chi connectivity index (χ4n) is 2.96. The van der Waals surface area contributed by atoms with E-state index in [1.165, 1.54) is 5.56 Å². The third-order valence-corrected chi connectivity index (χ3v) is 4.69. The van der Waals surface area contributed by atoms with E-state index in [4.69, 9.17) is 0 Å². The summed E-state index contributed by atoms with van der Waals surface area (Å²) in [5, 5.41) is 12.3. The van der Waals surface area contributed by atoms with Crippen LogP contribution in [0.5, 0.6) is 0 Å². The highest BCUT2D eigenvalue weighted by Crippen LogP contribution is 2.37. The maximum Gasteiger partial charge on any atom is 0.240 e. The molecule has 4 nitrogen and oxygen atoms in total. The zero-order valence-electron chi connectivity index (χ0n) is 13.5. The summed E-state index contributed by atoms with van der Waals surface area (Å²) in [6, 6.07) is 12.8. The van der Waals surface area contributed by atoms with Crippen LogP contribution >= 0.6 is 0 Å². The number of nitriles is 1. The van der Waals surface area contributed by atoms with Crippen molar-refractivity contribution in [3.8, 4) is 6.07 Å². The largest absolute Gasteiger partial charge is 0.353 e. The normalized spacial score (nSPS) is 17.9. The second-order valence-electron chi connectivity index (χ2n) is 6.36. The molecule has 1 aliphatic carbocycles. The molecule has 1 N–H and O–H groups in total. The fourth-order valence-corrected chi connectivity index (χ4v) is 2.96. The maximum atomic E-state index is 12.3. The van der Waals surface area contributed by atoms with E-state index in [0.29, 0.717) is 19.4 Å². The molecule has 0 spiro atoms. The van der Waals surface area contributed by atoms with E-state index in [0.717, 1.165) is 19.4 Å². The Morgan fingerprint density at radius 3 is 2.59 bits per heavy atom. The van der Waals surface area contributed by atoms with Gasteiger partial charge in [0.2, 0.25) is 5.91 Å². The molecule has 0 aliphatic heterocycles. The molecule has 1 aromatic rings. The molecule has 4 heteroatoms. The van der Waals surface area contributed by atoms with Gasteiger partial charge in [-0.05, 0) is 32.4 Å². The van der Waals surface area contributed by atoms with Crippen molar-refractivity contribution in [2.24, 2.45) is 5.41 Å². The second kappa shape index (κ2) is 7.42. The Balaban J connectivity index is 1.83. The zero-order chi connectivity index (χ0) is 16.0. The van der Waals surface area contributed by atoms with Gasteiger partial charge in [0.25, 0.3) is 0 Å². The van der Waals surface area contributed by atoms with Crippen LogP contribution in [0.25, 0.3) is 0 Å². The Bertz CT molecular complexity index is 529. The summed E-state index contributed by atoms with van der Waals surface area (Å²) >= 11 is 0. The topological polar surface area (TPSA) is 56.1 Å². The van der Waals surface area contributed by atoms with Crippen LogP contribution in [0, 0.1) is 16.7 Å². The molecular weight excluding hydrogens is 274 g/mol. The number of hydrogen-bond donors (Lipinski definition) is 1. The number of hydrogen-bond acceptors (Lipinski definition) is 3. The molecule has 1 aromatic carbocycles. The molecule has 22 heavy (non-hydrogen) atoms. The molecule has 0 aromatic heterocycles. The van der Waals surface area contributed by atoms with Gasteiger partial charge in [-0.25, -0.2) is 0 Å². The maximum absolute atomic E-state index is 12.3. The van der Waals surface area contributed by atoms with E-state index in [1.807, 2.05) is 18.2 Å². The van der Waals surface area contributed by atoms with Gasteiger partial charge in [-0.3, -0.25) is 9.69 Å². The van der Waals surface area contributed by atoms with Crippen LogP contribution in [-0.4, -0.2) is 30.4 Å². The summed E-state index contributed by atoms with van der Waals surface area (Å²) in [6.07, 6.45) is 3.35. The summed E-state index contributed by atoms with van der Waals surface area (Å²) in [6.45, 7) is 3.52. The van der Waals surface area contributed by atoms with Gasteiger partial charge in [-0.2, -0.15) is 5.26 Å². The molecular formula is C18H25N3O. The van der Waals surface area contributed by atoms with Crippen molar-refractivity contribution >= 4 is 5.91 Å². The molecule has 1 unspecified atom stereocenters. The lowest BCUT2D eigenvalue weighted by molar-refractivity contribution is -0.128. The van der Waals surface area contributed by atoms with E-state index < -0.39 is 5.41 Å². The highest BCUT2D eigenvalue weighted by molar-refractivity contribution is 5.85. The Hall–Kier alpha value is -1.86. The third-order valence-electron chi connectivity index (χ3n) is 4.69. The van der Waals surface area contributed by atoms with E-state index in [9.17, 15) is 10.1 Å². The molecule has 1 saturated carbocycles. The molecule has 1 aliphatic rings. The van der Waals surface area contributed by atoms with Crippen LogP contribution in [-0.2, 0) is 11.3 Å². The lowest BCUT2D eigenvalue weighted by atomic mass is 9.87. The smallest absolute Gasteiger partial charge is 0.240 e. The minimum atomic E-state index is -0.780.